The van der Waals surface area contributed by atoms with Gasteiger partial charge >= 0.3 is 0 Å². The first kappa shape index (κ1) is 19.0. The number of halogens is 1. The standard InChI is InChI=1S/C21H23FN6O/c1-15-19(16(2)28(25-15)18-6-4-17(22)5-7-18)14-20(29)26-10-12-27(13-11-26)21-23-8-3-9-24-21/h3-9H,10-14H2,1-2H3. The highest BCUT2D eigenvalue weighted by Gasteiger charge is 2.24. The maximum absolute atomic E-state index is 13.2. The summed E-state index contributed by atoms with van der Waals surface area (Å²) >= 11 is 0. The minimum Gasteiger partial charge on any atom is -0.339 e. The van der Waals surface area contributed by atoms with E-state index in [9.17, 15) is 9.18 Å². The number of benzene rings is 1. The van der Waals surface area contributed by atoms with E-state index in [1.807, 2.05) is 18.7 Å². The van der Waals surface area contributed by atoms with Crippen LogP contribution in [0.2, 0.25) is 0 Å². The number of anilines is 1. The van der Waals surface area contributed by atoms with Gasteiger partial charge in [-0.15, -0.1) is 0 Å². The second-order valence-electron chi connectivity index (χ2n) is 7.13. The van der Waals surface area contributed by atoms with E-state index in [0.717, 1.165) is 22.6 Å². The zero-order chi connectivity index (χ0) is 20.4. The fourth-order valence-electron chi connectivity index (χ4n) is 3.64. The van der Waals surface area contributed by atoms with Gasteiger partial charge < -0.3 is 9.80 Å². The van der Waals surface area contributed by atoms with E-state index in [1.165, 1.54) is 12.1 Å². The number of hydrogen-bond acceptors (Lipinski definition) is 5. The summed E-state index contributed by atoms with van der Waals surface area (Å²) in [6, 6.07) is 7.98. The van der Waals surface area contributed by atoms with E-state index in [0.29, 0.717) is 38.5 Å². The Morgan fingerprint density at radius 1 is 1.03 bits per heavy atom. The van der Waals surface area contributed by atoms with Crippen molar-refractivity contribution < 1.29 is 9.18 Å². The van der Waals surface area contributed by atoms with Crippen LogP contribution in [0.25, 0.3) is 5.69 Å². The van der Waals surface area contributed by atoms with Gasteiger partial charge in [0, 0.05) is 49.8 Å². The van der Waals surface area contributed by atoms with Crippen molar-refractivity contribution in [2.75, 3.05) is 31.1 Å². The van der Waals surface area contributed by atoms with E-state index >= 15 is 0 Å². The van der Waals surface area contributed by atoms with Crippen LogP contribution in [0.1, 0.15) is 17.0 Å². The summed E-state index contributed by atoms with van der Waals surface area (Å²) in [6.45, 7) is 6.55. The topological polar surface area (TPSA) is 67.2 Å². The second-order valence-corrected chi connectivity index (χ2v) is 7.13. The summed E-state index contributed by atoms with van der Waals surface area (Å²) in [5.41, 5.74) is 3.42. The Kier molecular flexibility index (Phi) is 5.24. The fraction of sp³-hybridized carbons (Fsp3) is 0.333. The van der Waals surface area contributed by atoms with Crippen molar-refractivity contribution in [3.05, 3.63) is 65.5 Å². The third-order valence-corrected chi connectivity index (χ3v) is 5.31. The highest BCUT2D eigenvalue weighted by molar-refractivity contribution is 5.79. The third kappa shape index (κ3) is 3.96. The number of hydrogen-bond donors (Lipinski definition) is 0. The molecule has 2 aromatic heterocycles. The maximum Gasteiger partial charge on any atom is 0.227 e. The van der Waals surface area contributed by atoms with Gasteiger partial charge in [0.05, 0.1) is 17.8 Å². The van der Waals surface area contributed by atoms with Crippen molar-refractivity contribution in [3.63, 3.8) is 0 Å². The van der Waals surface area contributed by atoms with Gasteiger partial charge in [0.2, 0.25) is 11.9 Å². The number of piperazine rings is 1. The average Bonchev–Trinajstić information content (AvgIpc) is 3.03. The van der Waals surface area contributed by atoms with Crippen LogP contribution < -0.4 is 4.90 Å². The minimum absolute atomic E-state index is 0.0866. The van der Waals surface area contributed by atoms with Crippen LogP contribution in [0.5, 0.6) is 0 Å². The number of aromatic nitrogens is 4. The molecule has 1 saturated heterocycles. The molecule has 150 valence electrons. The molecule has 0 aliphatic carbocycles. The van der Waals surface area contributed by atoms with Crippen LogP contribution in [-0.2, 0) is 11.2 Å². The lowest BCUT2D eigenvalue weighted by atomic mass is 10.1. The van der Waals surface area contributed by atoms with Gasteiger partial charge in [-0.05, 0) is 44.2 Å². The van der Waals surface area contributed by atoms with Crippen LogP contribution in [0.4, 0.5) is 10.3 Å². The molecule has 0 saturated carbocycles. The molecule has 4 rings (SSSR count). The third-order valence-electron chi connectivity index (χ3n) is 5.31. The Bertz CT molecular complexity index is 994. The lowest BCUT2D eigenvalue weighted by Crippen LogP contribution is -2.49. The molecule has 1 amide bonds. The van der Waals surface area contributed by atoms with Crippen molar-refractivity contribution in [1.82, 2.24) is 24.6 Å². The Morgan fingerprint density at radius 3 is 2.34 bits per heavy atom. The second kappa shape index (κ2) is 7.98. The van der Waals surface area contributed by atoms with Crippen molar-refractivity contribution >= 4 is 11.9 Å². The van der Waals surface area contributed by atoms with Crippen LogP contribution in [0.15, 0.2) is 42.7 Å². The normalized spacial score (nSPS) is 14.3. The molecule has 8 heteroatoms. The quantitative estimate of drug-likeness (QED) is 0.679. The monoisotopic (exact) mass is 394 g/mol. The SMILES string of the molecule is Cc1nn(-c2ccc(F)cc2)c(C)c1CC(=O)N1CCN(c2ncccn2)CC1. The first-order valence-electron chi connectivity index (χ1n) is 9.63. The van der Waals surface area contributed by atoms with Crippen LogP contribution >= 0.6 is 0 Å². The summed E-state index contributed by atoms with van der Waals surface area (Å²) in [5, 5.41) is 4.56. The van der Waals surface area contributed by atoms with Crippen molar-refractivity contribution in [2.24, 2.45) is 0 Å². The Hall–Kier alpha value is -3.29. The number of aryl methyl sites for hydroxylation is 1. The summed E-state index contributed by atoms with van der Waals surface area (Å²) in [6.07, 6.45) is 3.76. The Morgan fingerprint density at radius 2 is 1.69 bits per heavy atom. The molecule has 1 aromatic carbocycles. The lowest BCUT2D eigenvalue weighted by molar-refractivity contribution is -0.130. The van der Waals surface area contributed by atoms with Gasteiger partial charge in [-0.3, -0.25) is 4.79 Å². The predicted octanol–water partition coefficient (Wildman–Crippen LogP) is 2.31. The highest BCUT2D eigenvalue weighted by Crippen LogP contribution is 2.20. The van der Waals surface area contributed by atoms with Crippen molar-refractivity contribution in [2.45, 2.75) is 20.3 Å². The van der Waals surface area contributed by atoms with E-state index in [-0.39, 0.29) is 11.7 Å². The number of carbonyl (C=O) groups is 1. The summed E-state index contributed by atoms with van der Waals surface area (Å²) in [4.78, 5) is 25.4. The van der Waals surface area contributed by atoms with E-state index in [1.54, 1.807) is 35.3 Å². The minimum atomic E-state index is -0.286. The zero-order valence-electron chi connectivity index (χ0n) is 16.5. The first-order valence-corrected chi connectivity index (χ1v) is 9.63. The summed E-state index contributed by atoms with van der Waals surface area (Å²) < 4.78 is 15.0. The van der Waals surface area contributed by atoms with Gasteiger partial charge in [-0.2, -0.15) is 5.10 Å². The molecular formula is C21H23FN6O. The van der Waals surface area contributed by atoms with Gasteiger partial charge in [-0.25, -0.2) is 19.0 Å². The number of carbonyl (C=O) groups excluding carboxylic acids is 1. The van der Waals surface area contributed by atoms with Crippen LogP contribution in [-0.4, -0.2) is 56.7 Å². The molecule has 1 aliphatic heterocycles. The highest BCUT2D eigenvalue weighted by atomic mass is 19.1. The number of nitrogens with zero attached hydrogens (tertiary/aromatic N) is 6. The van der Waals surface area contributed by atoms with Gasteiger partial charge in [-0.1, -0.05) is 0 Å². The lowest BCUT2D eigenvalue weighted by Gasteiger charge is -2.34. The van der Waals surface area contributed by atoms with E-state index < -0.39 is 0 Å². The molecular weight excluding hydrogens is 371 g/mol. The molecule has 0 radical (unpaired) electrons. The predicted molar refractivity (Wildman–Crippen MR) is 108 cm³/mol. The van der Waals surface area contributed by atoms with E-state index in [4.69, 9.17) is 0 Å². The van der Waals surface area contributed by atoms with Crippen LogP contribution in [0.3, 0.4) is 0 Å². The molecule has 7 nitrogen and oxygen atoms in total. The average molecular weight is 394 g/mol. The largest absolute Gasteiger partial charge is 0.339 e. The number of amides is 1. The molecule has 0 spiro atoms. The maximum atomic E-state index is 13.2. The summed E-state index contributed by atoms with van der Waals surface area (Å²) in [5.74, 6) is 0.501. The Balaban J connectivity index is 1.43. The molecule has 3 heterocycles. The molecule has 3 aromatic rings. The molecule has 0 atom stereocenters. The van der Waals surface area contributed by atoms with Gasteiger partial charge in [0.25, 0.3) is 0 Å². The smallest absolute Gasteiger partial charge is 0.227 e. The molecule has 0 bridgehead atoms. The number of rotatable bonds is 4. The van der Waals surface area contributed by atoms with Crippen molar-refractivity contribution in [1.29, 1.82) is 0 Å². The van der Waals surface area contributed by atoms with Crippen LogP contribution in [0, 0.1) is 19.7 Å². The Labute approximate surface area is 168 Å². The molecule has 1 fully saturated rings. The van der Waals surface area contributed by atoms with Gasteiger partial charge in [0.15, 0.2) is 0 Å². The fourth-order valence-corrected chi connectivity index (χ4v) is 3.64. The molecule has 0 N–H and O–H groups in total. The first-order chi connectivity index (χ1) is 14.0. The summed E-state index contributed by atoms with van der Waals surface area (Å²) in [7, 11) is 0. The van der Waals surface area contributed by atoms with E-state index in [2.05, 4.69) is 20.0 Å². The van der Waals surface area contributed by atoms with Gasteiger partial charge in [0.1, 0.15) is 5.82 Å². The van der Waals surface area contributed by atoms with Crippen molar-refractivity contribution in [3.8, 4) is 5.69 Å². The molecule has 1 aliphatic rings. The molecule has 0 unspecified atom stereocenters. The zero-order valence-corrected chi connectivity index (χ0v) is 16.5. The molecule has 29 heavy (non-hydrogen) atoms.